The molecule has 1 amide bonds. The summed E-state index contributed by atoms with van der Waals surface area (Å²) in [6, 6.07) is 2.06. The van der Waals surface area contributed by atoms with Crippen molar-refractivity contribution in [1.82, 2.24) is 10.2 Å². The van der Waals surface area contributed by atoms with Crippen molar-refractivity contribution in [1.29, 1.82) is 0 Å². The molecule has 4 rings (SSSR count). The molecular weight excluding hydrogens is 480 g/mol. The van der Waals surface area contributed by atoms with Crippen molar-refractivity contribution in [2.45, 2.75) is 56.3 Å². The van der Waals surface area contributed by atoms with Crippen LogP contribution in [0.2, 0.25) is 0 Å². The number of aliphatic hydroxyl groups excluding tert-OH is 3. The molecule has 3 aliphatic rings. The first kappa shape index (κ1) is 26.8. The van der Waals surface area contributed by atoms with Crippen molar-refractivity contribution in [3.8, 4) is 5.75 Å². The lowest BCUT2D eigenvalue weighted by atomic mass is 9.51. The van der Waals surface area contributed by atoms with Crippen molar-refractivity contribution >= 4 is 17.4 Å². The van der Waals surface area contributed by atoms with Gasteiger partial charge in [-0.05, 0) is 44.6 Å². The second-order valence-electron chi connectivity index (χ2n) is 10.4. The predicted molar refractivity (Wildman–Crippen MR) is 136 cm³/mol. The number of phenols is 1. The fourth-order valence-corrected chi connectivity index (χ4v) is 6.63. The number of nitrogens with two attached hydrogens (primary N) is 1. The van der Waals surface area contributed by atoms with E-state index in [0.29, 0.717) is 12.0 Å². The van der Waals surface area contributed by atoms with E-state index in [1.165, 1.54) is 11.0 Å². The summed E-state index contributed by atoms with van der Waals surface area (Å²) in [5.74, 6) is -5.96. The van der Waals surface area contributed by atoms with E-state index in [1.54, 1.807) is 33.2 Å². The number of carbonyl (C=O) groups excluding carboxylic acids is 2. The monoisotopic (exact) mass is 514 g/mol. The summed E-state index contributed by atoms with van der Waals surface area (Å²) in [6.45, 7) is 3.95. The molecule has 11 heteroatoms. The number of phenolic OH excluding ortho intramolecular Hbond substituents is 1. The van der Waals surface area contributed by atoms with Crippen LogP contribution in [-0.2, 0) is 9.59 Å². The standard InChI is InChI=1S/C26H34N4O7/c1-5-6-10-28-23-17(25(27)36)22(34)19(30(3)4)18-21(33)14-11(2)12-8-7-9-13(31)15(12)20(32)16(14)24(35)26(18,23)29-37/h7-9,11,14,18-19,21,23,28,31-34H,5-6,10H2,1-4H3,(H2,27,36)/t11-,14?,18?,19-,21-,23+,26+/m0/s1. The van der Waals surface area contributed by atoms with Gasteiger partial charge in [-0.1, -0.05) is 37.6 Å². The van der Waals surface area contributed by atoms with Crippen LogP contribution in [0, 0.1) is 16.7 Å². The molecule has 3 aliphatic carbocycles. The number of hydrogen-bond acceptors (Lipinski definition) is 10. The molecule has 200 valence electrons. The topological polar surface area (TPSA) is 186 Å². The highest BCUT2D eigenvalue weighted by Crippen LogP contribution is 2.57. The third-order valence-corrected chi connectivity index (χ3v) is 8.26. The Morgan fingerprint density at radius 1 is 1.24 bits per heavy atom. The highest BCUT2D eigenvalue weighted by molar-refractivity contribution is 6.12. The second kappa shape index (κ2) is 9.55. The molecule has 0 aliphatic heterocycles. The van der Waals surface area contributed by atoms with Gasteiger partial charge in [0.2, 0.25) is 5.91 Å². The van der Waals surface area contributed by atoms with Crippen LogP contribution in [0.3, 0.4) is 0 Å². The number of hydrogen-bond donors (Lipinski definition) is 6. The first-order valence-electron chi connectivity index (χ1n) is 12.4. The molecule has 2 unspecified atom stereocenters. The molecule has 1 aromatic rings. The van der Waals surface area contributed by atoms with E-state index in [9.17, 15) is 34.9 Å². The summed E-state index contributed by atoms with van der Waals surface area (Å²) in [4.78, 5) is 41.5. The average Bonchev–Trinajstić information content (AvgIpc) is 2.84. The molecule has 0 aromatic heterocycles. The molecule has 0 saturated heterocycles. The maximum atomic E-state index is 14.4. The lowest BCUT2D eigenvalue weighted by molar-refractivity contribution is -0.138. The number of primary amides is 1. The molecule has 1 fully saturated rings. The maximum Gasteiger partial charge on any atom is 0.249 e. The molecule has 0 radical (unpaired) electrons. The number of likely N-dealkylation sites (N-methyl/N-ethyl adjacent to an activating group) is 1. The third kappa shape index (κ3) is 3.59. The SMILES string of the molecule is CCCCN[C@@H]1C(C(N)=O)=C(O)[C@@H](N(C)C)C2[C@@H](O)C3C(=C(O)c4c(O)cccc4[C@@H]3C)C(=O)[C@@]21N=O. The zero-order valence-electron chi connectivity index (χ0n) is 21.3. The zero-order valence-corrected chi connectivity index (χ0v) is 21.3. The molecule has 7 atom stereocenters. The number of Topliss-reactive ketones (excluding diaryl/α,β-unsaturated/α-hetero) is 1. The van der Waals surface area contributed by atoms with Gasteiger partial charge in [-0.2, -0.15) is 0 Å². The van der Waals surface area contributed by atoms with E-state index in [-0.39, 0.29) is 29.0 Å². The van der Waals surface area contributed by atoms with Gasteiger partial charge in [0.15, 0.2) is 11.3 Å². The van der Waals surface area contributed by atoms with E-state index < -0.39 is 64.7 Å². The number of fused-ring (bicyclic) bond motifs is 3. The number of unbranched alkanes of at least 4 members (excludes halogenated alkanes) is 1. The first-order chi connectivity index (χ1) is 17.5. The lowest BCUT2D eigenvalue weighted by Gasteiger charge is -2.56. The van der Waals surface area contributed by atoms with Crippen LogP contribution in [0.1, 0.15) is 43.7 Å². The van der Waals surface area contributed by atoms with E-state index in [1.807, 2.05) is 6.92 Å². The van der Waals surface area contributed by atoms with Crippen LogP contribution in [0.4, 0.5) is 0 Å². The van der Waals surface area contributed by atoms with Crippen LogP contribution < -0.4 is 11.1 Å². The minimum absolute atomic E-state index is 0.0466. The van der Waals surface area contributed by atoms with E-state index in [4.69, 9.17) is 5.73 Å². The average molecular weight is 515 g/mol. The Kier molecular flexibility index (Phi) is 6.91. The molecule has 0 bridgehead atoms. The zero-order chi connectivity index (χ0) is 27.4. The van der Waals surface area contributed by atoms with E-state index in [2.05, 4.69) is 10.5 Å². The maximum absolute atomic E-state index is 14.4. The number of carbonyl (C=O) groups is 2. The van der Waals surface area contributed by atoms with Crippen molar-refractivity contribution in [3.63, 3.8) is 0 Å². The van der Waals surface area contributed by atoms with Gasteiger partial charge >= 0.3 is 0 Å². The molecular formula is C26H34N4O7. The summed E-state index contributed by atoms with van der Waals surface area (Å²) in [7, 11) is 3.16. The Hall–Kier alpha value is -3.28. The second-order valence-corrected chi connectivity index (χ2v) is 10.4. The van der Waals surface area contributed by atoms with Crippen LogP contribution in [0.5, 0.6) is 5.75 Å². The fraction of sp³-hybridized carbons (Fsp3) is 0.538. The smallest absolute Gasteiger partial charge is 0.249 e. The lowest BCUT2D eigenvalue weighted by Crippen LogP contribution is -2.74. The molecule has 1 aromatic carbocycles. The molecule has 7 N–H and O–H groups in total. The van der Waals surface area contributed by atoms with Crippen LogP contribution in [-0.4, -0.2) is 81.4 Å². The molecule has 0 spiro atoms. The normalized spacial score (nSPS) is 33.2. The number of aromatic hydroxyl groups is 1. The largest absolute Gasteiger partial charge is 0.510 e. The molecule has 11 nitrogen and oxygen atoms in total. The van der Waals surface area contributed by atoms with Crippen molar-refractivity contribution in [2.75, 3.05) is 20.6 Å². The van der Waals surface area contributed by atoms with Crippen molar-refractivity contribution < 1.29 is 30.0 Å². The predicted octanol–water partition coefficient (Wildman–Crippen LogP) is 1.46. The minimum atomic E-state index is -2.32. The Morgan fingerprint density at radius 2 is 1.92 bits per heavy atom. The van der Waals surface area contributed by atoms with Gasteiger partial charge < -0.3 is 31.5 Å². The fourth-order valence-electron chi connectivity index (χ4n) is 6.63. The van der Waals surface area contributed by atoms with E-state index >= 15 is 0 Å². The molecule has 37 heavy (non-hydrogen) atoms. The highest BCUT2D eigenvalue weighted by Gasteiger charge is 2.70. The number of benzene rings is 1. The summed E-state index contributed by atoms with van der Waals surface area (Å²) in [5, 5.41) is 51.3. The van der Waals surface area contributed by atoms with Crippen molar-refractivity contribution in [2.24, 2.45) is 22.7 Å². The van der Waals surface area contributed by atoms with Gasteiger partial charge in [0.25, 0.3) is 0 Å². The Labute approximate surface area is 214 Å². The van der Waals surface area contributed by atoms with Gasteiger partial charge in [0.05, 0.1) is 29.3 Å². The Balaban J connectivity index is 2.06. The number of nitrogens with zero attached hydrogens (tertiary/aromatic N) is 2. The Bertz CT molecular complexity index is 1210. The van der Waals surface area contributed by atoms with Gasteiger partial charge in [-0.15, -0.1) is 4.91 Å². The molecule has 0 heterocycles. The number of ketones is 1. The number of rotatable bonds is 7. The number of amides is 1. The third-order valence-electron chi connectivity index (χ3n) is 8.26. The number of nitrogens with one attached hydrogen (secondary N) is 1. The van der Waals surface area contributed by atoms with Crippen LogP contribution in [0.15, 0.2) is 40.3 Å². The van der Waals surface area contributed by atoms with Crippen molar-refractivity contribution in [3.05, 3.63) is 51.1 Å². The number of nitroso groups, excluding NO2 is 1. The van der Waals surface area contributed by atoms with Gasteiger partial charge in [0.1, 0.15) is 17.3 Å². The highest BCUT2D eigenvalue weighted by atomic mass is 16.3. The van der Waals surface area contributed by atoms with Crippen LogP contribution in [0.25, 0.3) is 5.76 Å². The summed E-state index contributed by atoms with van der Waals surface area (Å²) in [5.41, 5.74) is 3.31. The number of aliphatic hydroxyl groups is 3. The quantitative estimate of drug-likeness (QED) is 0.231. The van der Waals surface area contributed by atoms with Gasteiger partial charge in [0, 0.05) is 17.4 Å². The van der Waals surface area contributed by atoms with E-state index in [0.717, 1.165) is 6.42 Å². The minimum Gasteiger partial charge on any atom is -0.510 e. The van der Waals surface area contributed by atoms with Crippen LogP contribution >= 0.6 is 0 Å². The van der Waals surface area contributed by atoms with Gasteiger partial charge in [-0.25, -0.2) is 0 Å². The summed E-state index contributed by atoms with van der Waals surface area (Å²) < 4.78 is 0. The Morgan fingerprint density at radius 3 is 2.49 bits per heavy atom. The first-order valence-corrected chi connectivity index (χ1v) is 12.4. The van der Waals surface area contributed by atoms with Gasteiger partial charge in [-0.3, -0.25) is 14.5 Å². The summed E-state index contributed by atoms with van der Waals surface area (Å²) in [6.07, 6.45) is -0.0754. The summed E-state index contributed by atoms with van der Waals surface area (Å²) >= 11 is 0. The molecule has 1 saturated carbocycles.